The Labute approximate surface area is 81.3 Å². The van der Waals surface area contributed by atoms with Crippen LogP contribution in [0.5, 0.6) is 0 Å². The smallest absolute Gasteiger partial charge is 0.336 e. The summed E-state index contributed by atoms with van der Waals surface area (Å²) in [4.78, 5) is 23.8. The average Bonchev–Trinajstić information content (AvgIpc) is 2.53. The van der Waals surface area contributed by atoms with Crippen LogP contribution in [0.3, 0.4) is 0 Å². The van der Waals surface area contributed by atoms with Crippen molar-refractivity contribution in [1.29, 1.82) is 0 Å². The summed E-state index contributed by atoms with van der Waals surface area (Å²) >= 11 is 0. The summed E-state index contributed by atoms with van der Waals surface area (Å²) in [5.74, 6) is 0.213. The van der Waals surface area contributed by atoms with Crippen molar-refractivity contribution in [2.75, 3.05) is 13.7 Å². The highest BCUT2D eigenvalue weighted by molar-refractivity contribution is 5.89. The lowest BCUT2D eigenvalue weighted by Gasteiger charge is -2.30. The van der Waals surface area contributed by atoms with E-state index < -0.39 is 5.97 Å². The number of amides is 1. The Morgan fingerprint density at radius 2 is 2.36 bits per heavy atom. The molecule has 1 atom stereocenters. The number of methoxy groups -OCH3 is 1. The van der Waals surface area contributed by atoms with Gasteiger partial charge in [-0.05, 0) is 6.92 Å². The molecular weight excluding hydrogens is 186 g/mol. The zero-order valence-corrected chi connectivity index (χ0v) is 8.07. The van der Waals surface area contributed by atoms with Crippen molar-refractivity contribution in [3.8, 4) is 0 Å². The largest absolute Gasteiger partial charge is 0.472 e. The summed E-state index contributed by atoms with van der Waals surface area (Å²) in [5.41, 5.74) is 0.440. The van der Waals surface area contributed by atoms with Crippen molar-refractivity contribution in [3.63, 3.8) is 0 Å². The average molecular weight is 197 g/mol. The Morgan fingerprint density at radius 1 is 1.64 bits per heavy atom. The van der Waals surface area contributed by atoms with E-state index in [1.54, 1.807) is 11.8 Å². The highest BCUT2D eigenvalue weighted by Crippen LogP contribution is 2.32. The standard InChI is InChI=1S/C9H11NO4/c1-5(9(12)13-2)6-4-10-7(11)3-8(10)14-6/h8H,3-4H2,1-2H3/b6-5+. The molecule has 0 bridgehead atoms. The molecule has 5 heteroatoms. The van der Waals surface area contributed by atoms with Gasteiger partial charge in [-0.15, -0.1) is 0 Å². The van der Waals surface area contributed by atoms with E-state index in [0.717, 1.165) is 0 Å². The fraction of sp³-hybridized carbons (Fsp3) is 0.556. The van der Waals surface area contributed by atoms with E-state index in [1.807, 2.05) is 0 Å². The molecule has 0 N–H and O–H groups in total. The van der Waals surface area contributed by atoms with E-state index in [1.165, 1.54) is 7.11 Å². The Hall–Kier alpha value is -1.52. The number of β-lactam (4-membered cyclic amide) rings is 1. The first-order chi connectivity index (χ1) is 6.63. The Balaban J connectivity index is 2.14. The van der Waals surface area contributed by atoms with Crippen LogP contribution in [-0.4, -0.2) is 36.7 Å². The number of carbonyl (C=O) groups is 2. The van der Waals surface area contributed by atoms with Crippen LogP contribution in [0.15, 0.2) is 11.3 Å². The van der Waals surface area contributed by atoms with Gasteiger partial charge in [-0.1, -0.05) is 0 Å². The van der Waals surface area contributed by atoms with Gasteiger partial charge >= 0.3 is 5.97 Å². The first-order valence-electron chi connectivity index (χ1n) is 4.37. The highest BCUT2D eigenvalue weighted by Gasteiger charge is 2.44. The Bertz CT molecular complexity index is 334. The van der Waals surface area contributed by atoms with E-state index >= 15 is 0 Å². The number of carbonyl (C=O) groups excluding carboxylic acids is 2. The van der Waals surface area contributed by atoms with Crippen molar-refractivity contribution >= 4 is 11.9 Å². The minimum atomic E-state index is -0.407. The molecule has 0 spiro atoms. The lowest BCUT2D eigenvalue weighted by molar-refractivity contribution is -0.154. The number of fused-ring (bicyclic) bond motifs is 1. The van der Waals surface area contributed by atoms with Crippen LogP contribution in [0.1, 0.15) is 13.3 Å². The quantitative estimate of drug-likeness (QED) is 0.338. The van der Waals surface area contributed by atoms with Gasteiger partial charge in [-0.3, -0.25) is 9.69 Å². The van der Waals surface area contributed by atoms with Crippen LogP contribution in [0.2, 0.25) is 0 Å². The second-order valence-electron chi connectivity index (χ2n) is 3.34. The van der Waals surface area contributed by atoms with Crippen LogP contribution in [0.4, 0.5) is 0 Å². The third kappa shape index (κ3) is 1.16. The number of ether oxygens (including phenoxy) is 2. The number of hydrogen-bond donors (Lipinski definition) is 0. The third-order valence-electron chi connectivity index (χ3n) is 2.52. The van der Waals surface area contributed by atoms with E-state index in [2.05, 4.69) is 4.74 Å². The zero-order chi connectivity index (χ0) is 10.3. The van der Waals surface area contributed by atoms with Gasteiger partial charge in [0.2, 0.25) is 5.91 Å². The van der Waals surface area contributed by atoms with E-state index in [9.17, 15) is 9.59 Å². The summed E-state index contributed by atoms with van der Waals surface area (Å²) in [5, 5.41) is 0. The molecule has 0 radical (unpaired) electrons. The van der Waals surface area contributed by atoms with Crippen LogP contribution >= 0.6 is 0 Å². The summed E-state index contributed by atoms with van der Waals surface area (Å²) in [6, 6.07) is 0. The van der Waals surface area contributed by atoms with E-state index in [0.29, 0.717) is 24.3 Å². The molecule has 0 aliphatic carbocycles. The third-order valence-corrected chi connectivity index (χ3v) is 2.52. The molecule has 2 fully saturated rings. The molecule has 5 nitrogen and oxygen atoms in total. The maximum Gasteiger partial charge on any atom is 0.336 e. The zero-order valence-electron chi connectivity index (χ0n) is 8.07. The minimum Gasteiger partial charge on any atom is -0.472 e. The second kappa shape index (κ2) is 3.01. The van der Waals surface area contributed by atoms with Crippen LogP contribution in [0.25, 0.3) is 0 Å². The highest BCUT2D eigenvalue weighted by atomic mass is 16.5. The monoisotopic (exact) mass is 197 g/mol. The van der Waals surface area contributed by atoms with Crippen LogP contribution in [-0.2, 0) is 19.1 Å². The maximum atomic E-state index is 11.2. The van der Waals surface area contributed by atoms with E-state index in [-0.39, 0.29) is 12.1 Å². The van der Waals surface area contributed by atoms with Crippen molar-refractivity contribution < 1.29 is 19.1 Å². The van der Waals surface area contributed by atoms with Gasteiger partial charge in [0.05, 0.1) is 25.6 Å². The molecule has 1 unspecified atom stereocenters. The fourth-order valence-corrected chi connectivity index (χ4v) is 1.55. The molecule has 2 aliphatic heterocycles. The number of hydrogen-bond acceptors (Lipinski definition) is 4. The topological polar surface area (TPSA) is 55.8 Å². The van der Waals surface area contributed by atoms with Gasteiger partial charge in [-0.2, -0.15) is 0 Å². The van der Waals surface area contributed by atoms with Gasteiger partial charge in [-0.25, -0.2) is 4.79 Å². The minimum absolute atomic E-state index is 0.0719. The summed E-state index contributed by atoms with van der Waals surface area (Å²) in [7, 11) is 1.32. The molecule has 2 heterocycles. The predicted molar refractivity (Wildman–Crippen MR) is 45.9 cm³/mol. The van der Waals surface area contributed by atoms with Gasteiger partial charge in [0.25, 0.3) is 0 Å². The number of esters is 1. The van der Waals surface area contributed by atoms with Crippen molar-refractivity contribution in [3.05, 3.63) is 11.3 Å². The number of rotatable bonds is 1. The first kappa shape index (κ1) is 9.05. The fourth-order valence-electron chi connectivity index (χ4n) is 1.55. The summed E-state index contributed by atoms with van der Waals surface area (Å²) in [6.45, 7) is 2.03. The van der Waals surface area contributed by atoms with Gasteiger partial charge in [0.15, 0.2) is 6.23 Å². The molecular formula is C9H11NO4. The molecule has 1 amide bonds. The van der Waals surface area contributed by atoms with E-state index in [4.69, 9.17) is 4.74 Å². The van der Waals surface area contributed by atoms with Crippen molar-refractivity contribution in [2.45, 2.75) is 19.6 Å². The summed E-state index contributed by atoms with van der Waals surface area (Å²) in [6.07, 6.45) is 0.259. The molecule has 76 valence electrons. The number of nitrogens with zero attached hydrogens (tertiary/aromatic N) is 1. The van der Waals surface area contributed by atoms with Crippen molar-refractivity contribution in [1.82, 2.24) is 4.90 Å². The van der Waals surface area contributed by atoms with Crippen molar-refractivity contribution in [2.24, 2.45) is 0 Å². The molecule has 0 aromatic carbocycles. The predicted octanol–water partition coefficient (Wildman–Crippen LogP) is 0.0220. The van der Waals surface area contributed by atoms with Gasteiger partial charge < -0.3 is 9.47 Å². The molecule has 14 heavy (non-hydrogen) atoms. The first-order valence-corrected chi connectivity index (χ1v) is 4.37. The van der Waals surface area contributed by atoms with Gasteiger partial charge in [0.1, 0.15) is 5.76 Å². The maximum absolute atomic E-state index is 11.2. The summed E-state index contributed by atoms with van der Waals surface area (Å²) < 4.78 is 9.96. The molecule has 2 aliphatic rings. The van der Waals surface area contributed by atoms with Crippen LogP contribution in [0, 0.1) is 0 Å². The molecule has 0 saturated carbocycles. The second-order valence-corrected chi connectivity index (χ2v) is 3.34. The normalized spacial score (nSPS) is 27.7. The molecule has 2 saturated heterocycles. The Morgan fingerprint density at radius 3 is 2.86 bits per heavy atom. The van der Waals surface area contributed by atoms with Gasteiger partial charge in [0, 0.05) is 0 Å². The lowest BCUT2D eigenvalue weighted by atomic mass is 10.2. The molecule has 0 aromatic heterocycles. The Kier molecular flexibility index (Phi) is 1.94. The SMILES string of the molecule is COC(=O)/C(C)=C1\CN2C(=O)CC2O1. The van der Waals surface area contributed by atoms with Crippen LogP contribution < -0.4 is 0 Å². The lowest BCUT2D eigenvalue weighted by Crippen LogP contribution is -2.48. The molecule has 0 aromatic rings. The molecule has 2 rings (SSSR count).